The highest BCUT2D eigenvalue weighted by Crippen LogP contribution is 2.42. The Kier molecular flexibility index (Phi) is 4.42. The minimum absolute atomic E-state index is 0.572. The predicted octanol–water partition coefficient (Wildman–Crippen LogP) is 4.03. The zero-order valence-corrected chi connectivity index (χ0v) is 14.2. The van der Waals surface area contributed by atoms with E-state index in [1.165, 1.54) is 0 Å². The lowest BCUT2D eigenvalue weighted by molar-refractivity contribution is 0.324. The van der Waals surface area contributed by atoms with Crippen LogP contribution in [-0.4, -0.2) is 33.4 Å². The lowest BCUT2D eigenvalue weighted by Crippen LogP contribution is -2.12. The van der Waals surface area contributed by atoms with E-state index in [4.69, 9.17) is 14.2 Å². The molecule has 1 aromatic heterocycles. The molecule has 0 bridgehead atoms. The Morgan fingerprint density at radius 2 is 1.54 bits per heavy atom. The Bertz CT molecular complexity index is 834. The molecule has 0 N–H and O–H groups in total. The Morgan fingerprint density at radius 3 is 2.17 bits per heavy atom. The standard InChI is InChI=1S/C19H20N2O3/c1-21(19-15-8-6-5-7-13(15)9-10-20-19)14-11-16(22-2)18(24-4)17(12-14)23-3/h5-12H,1-4H3. The van der Waals surface area contributed by atoms with Gasteiger partial charge < -0.3 is 19.1 Å². The van der Waals surface area contributed by atoms with Gasteiger partial charge in [-0.05, 0) is 11.5 Å². The monoisotopic (exact) mass is 324 g/mol. The van der Waals surface area contributed by atoms with Crippen LogP contribution in [0.5, 0.6) is 17.2 Å². The number of fused-ring (bicyclic) bond motifs is 1. The number of hydrogen-bond acceptors (Lipinski definition) is 5. The molecule has 24 heavy (non-hydrogen) atoms. The fourth-order valence-electron chi connectivity index (χ4n) is 2.75. The molecule has 3 aromatic rings. The van der Waals surface area contributed by atoms with Crippen LogP contribution in [0.4, 0.5) is 11.5 Å². The molecule has 0 aliphatic rings. The van der Waals surface area contributed by atoms with Crippen molar-refractivity contribution >= 4 is 22.3 Å². The van der Waals surface area contributed by atoms with Gasteiger partial charge in [-0.3, -0.25) is 0 Å². The molecule has 1 heterocycles. The predicted molar refractivity (Wildman–Crippen MR) is 95.9 cm³/mol. The van der Waals surface area contributed by atoms with Crippen LogP contribution >= 0.6 is 0 Å². The quantitative estimate of drug-likeness (QED) is 0.709. The SMILES string of the molecule is COc1cc(N(C)c2nccc3ccccc23)cc(OC)c1OC. The Hall–Kier alpha value is -2.95. The second-order valence-corrected chi connectivity index (χ2v) is 5.30. The molecule has 0 aliphatic carbocycles. The summed E-state index contributed by atoms with van der Waals surface area (Å²) in [7, 11) is 6.78. The van der Waals surface area contributed by atoms with Crippen molar-refractivity contribution in [2.45, 2.75) is 0 Å². The van der Waals surface area contributed by atoms with E-state index in [9.17, 15) is 0 Å². The lowest BCUT2D eigenvalue weighted by atomic mass is 10.1. The summed E-state index contributed by atoms with van der Waals surface area (Å²) in [5.74, 6) is 2.66. The van der Waals surface area contributed by atoms with E-state index in [0.717, 1.165) is 22.3 Å². The van der Waals surface area contributed by atoms with Gasteiger partial charge in [0, 0.05) is 36.5 Å². The highest BCUT2D eigenvalue weighted by molar-refractivity contribution is 5.93. The first-order valence-electron chi connectivity index (χ1n) is 7.57. The number of methoxy groups -OCH3 is 3. The lowest BCUT2D eigenvalue weighted by Gasteiger charge is -2.22. The van der Waals surface area contributed by atoms with E-state index in [1.54, 1.807) is 21.3 Å². The van der Waals surface area contributed by atoms with Crippen molar-refractivity contribution in [3.63, 3.8) is 0 Å². The van der Waals surface area contributed by atoms with Gasteiger partial charge in [0.05, 0.1) is 21.3 Å². The van der Waals surface area contributed by atoms with E-state index in [0.29, 0.717) is 17.2 Å². The molecule has 0 fully saturated rings. The summed E-state index contributed by atoms with van der Waals surface area (Å²) in [6.45, 7) is 0. The highest BCUT2D eigenvalue weighted by Gasteiger charge is 2.17. The van der Waals surface area contributed by atoms with Gasteiger partial charge in [-0.25, -0.2) is 4.98 Å². The number of ether oxygens (including phenoxy) is 3. The fraction of sp³-hybridized carbons (Fsp3) is 0.211. The normalized spacial score (nSPS) is 10.5. The topological polar surface area (TPSA) is 43.8 Å². The molecular formula is C19H20N2O3. The van der Waals surface area contributed by atoms with Crippen LogP contribution in [0.3, 0.4) is 0 Å². The van der Waals surface area contributed by atoms with Gasteiger partial charge in [0.1, 0.15) is 5.82 Å². The van der Waals surface area contributed by atoms with Crippen LogP contribution in [0.15, 0.2) is 48.7 Å². The van der Waals surface area contributed by atoms with Crippen molar-refractivity contribution < 1.29 is 14.2 Å². The van der Waals surface area contributed by atoms with Crippen LogP contribution in [0.1, 0.15) is 0 Å². The van der Waals surface area contributed by atoms with Crippen LogP contribution in [0, 0.1) is 0 Å². The number of hydrogen-bond donors (Lipinski definition) is 0. The molecule has 0 saturated carbocycles. The van der Waals surface area contributed by atoms with Crippen molar-refractivity contribution in [2.24, 2.45) is 0 Å². The number of pyridine rings is 1. The van der Waals surface area contributed by atoms with Gasteiger partial charge in [0.15, 0.2) is 11.5 Å². The number of anilines is 2. The molecule has 5 nitrogen and oxygen atoms in total. The second-order valence-electron chi connectivity index (χ2n) is 5.30. The smallest absolute Gasteiger partial charge is 0.203 e. The Labute approximate surface area is 141 Å². The van der Waals surface area contributed by atoms with Gasteiger partial charge in [-0.2, -0.15) is 0 Å². The summed E-state index contributed by atoms with van der Waals surface area (Å²) in [5.41, 5.74) is 0.897. The minimum Gasteiger partial charge on any atom is -0.493 e. The molecule has 0 saturated heterocycles. The summed E-state index contributed by atoms with van der Waals surface area (Å²) < 4.78 is 16.3. The van der Waals surface area contributed by atoms with Crippen molar-refractivity contribution in [2.75, 3.05) is 33.3 Å². The van der Waals surface area contributed by atoms with Crippen molar-refractivity contribution in [1.29, 1.82) is 0 Å². The van der Waals surface area contributed by atoms with Crippen LogP contribution in [-0.2, 0) is 0 Å². The number of rotatable bonds is 5. The third-order valence-electron chi connectivity index (χ3n) is 4.01. The van der Waals surface area contributed by atoms with E-state index < -0.39 is 0 Å². The van der Waals surface area contributed by atoms with Crippen LogP contribution < -0.4 is 19.1 Å². The molecular weight excluding hydrogens is 304 g/mol. The molecule has 0 aliphatic heterocycles. The first kappa shape index (κ1) is 15.9. The number of benzene rings is 2. The summed E-state index contributed by atoms with van der Waals surface area (Å²) in [6.07, 6.45) is 1.81. The van der Waals surface area contributed by atoms with Crippen molar-refractivity contribution in [3.8, 4) is 17.2 Å². The maximum absolute atomic E-state index is 5.44. The van der Waals surface area contributed by atoms with Gasteiger partial charge in [-0.15, -0.1) is 0 Å². The molecule has 5 heteroatoms. The first-order valence-corrected chi connectivity index (χ1v) is 7.57. The van der Waals surface area contributed by atoms with Gasteiger partial charge in [0.25, 0.3) is 0 Å². The average Bonchev–Trinajstić information content (AvgIpc) is 2.65. The molecule has 0 unspecified atom stereocenters. The molecule has 0 radical (unpaired) electrons. The Morgan fingerprint density at radius 1 is 0.875 bits per heavy atom. The Balaban J connectivity index is 2.14. The summed E-state index contributed by atoms with van der Waals surface area (Å²) in [6, 6.07) is 14.0. The fourth-order valence-corrected chi connectivity index (χ4v) is 2.75. The van der Waals surface area contributed by atoms with Gasteiger partial charge in [-0.1, -0.05) is 24.3 Å². The first-order chi connectivity index (χ1) is 11.7. The van der Waals surface area contributed by atoms with E-state index in [2.05, 4.69) is 17.1 Å². The third-order valence-corrected chi connectivity index (χ3v) is 4.01. The molecule has 0 atom stereocenters. The van der Waals surface area contributed by atoms with E-state index in [1.807, 2.05) is 48.5 Å². The van der Waals surface area contributed by atoms with E-state index in [-0.39, 0.29) is 0 Å². The average molecular weight is 324 g/mol. The van der Waals surface area contributed by atoms with Gasteiger partial charge in [0.2, 0.25) is 5.75 Å². The molecule has 3 rings (SSSR count). The van der Waals surface area contributed by atoms with Crippen LogP contribution in [0.2, 0.25) is 0 Å². The molecule has 2 aromatic carbocycles. The zero-order valence-electron chi connectivity index (χ0n) is 14.2. The number of nitrogens with zero attached hydrogens (tertiary/aromatic N) is 2. The second kappa shape index (κ2) is 6.66. The molecule has 124 valence electrons. The van der Waals surface area contributed by atoms with Gasteiger partial charge >= 0.3 is 0 Å². The largest absolute Gasteiger partial charge is 0.493 e. The maximum atomic E-state index is 5.44. The summed E-state index contributed by atoms with van der Waals surface area (Å²) >= 11 is 0. The molecule has 0 amide bonds. The third kappa shape index (κ3) is 2.69. The summed E-state index contributed by atoms with van der Waals surface area (Å²) in [5, 5.41) is 2.22. The summed E-state index contributed by atoms with van der Waals surface area (Å²) in [4.78, 5) is 6.56. The van der Waals surface area contributed by atoms with E-state index >= 15 is 0 Å². The van der Waals surface area contributed by atoms with Crippen molar-refractivity contribution in [3.05, 3.63) is 48.7 Å². The van der Waals surface area contributed by atoms with Crippen LogP contribution in [0.25, 0.3) is 10.8 Å². The zero-order chi connectivity index (χ0) is 17.1. The molecule has 0 spiro atoms. The minimum atomic E-state index is 0.572. The number of aromatic nitrogens is 1. The highest BCUT2D eigenvalue weighted by atomic mass is 16.5. The maximum Gasteiger partial charge on any atom is 0.203 e. The van der Waals surface area contributed by atoms with Crippen molar-refractivity contribution in [1.82, 2.24) is 4.98 Å².